The smallest absolute Gasteiger partial charge is 0.425 e. The molecule has 0 spiro atoms. The summed E-state index contributed by atoms with van der Waals surface area (Å²) in [5.41, 5.74) is 1.17. The Hall–Kier alpha value is -2.34. The van der Waals surface area contributed by atoms with Gasteiger partial charge in [0.15, 0.2) is 11.5 Å². The number of benzene rings is 2. The van der Waals surface area contributed by atoms with Crippen molar-refractivity contribution in [3.05, 3.63) is 48.0 Å². The van der Waals surface area contributed by atoms with Gasteiger partial charge in [0.05, 0.1) is 0 Å². The summed E-state index contributed by atoms with van der Waals surface area (Å²) in [6.45, 7) is 5.63. The second-order valence-corrected chi connectivity index (χ2v) is 7.16. The molecule has 2 aromatic rings. The van der Waals surface area contributed by atoms with E-state index in [-0.39, 0.29) is 0 Å². The quantitative estimate of drug-likeness (QED) is 0.759. The number of hydrogen-bond acceptors (Lipinski definition) is 5. The third kappa shape index (κ3) is 3.59. The van der Waals surface area contributed by atoms with Crippen LogP contribution >= 0.6 is 11.9 Å². The van der Waals surface area contributed by atoms with Crippen molar-refractivity contribution in [2.75, 3.05) is 7.05 Å². The molecule has 0 saturated carbocycles. The van der Waals surface area contributed by atoms with Crippen LogP contribution in [0.1, 0.15) is 19.4 Å². The molecule has 0 atom stereocenters. The minimum Gasteiger partial charge on any atom is -0.449 e. The zero-order valence-electron chi connectivity index (χ0n) is 14.0. The van der Waals surface area contributed by atoms with Gasteiger partial charge in [0.25, 0.3) is 0 Å². The number of carbonyl (C=O) groups is 1. The number of para-hydroxylation sites is 1. The molecule has 0 saturated heterocycles. The van der Waals surface area contributed by atoms with Gasteiger partial charge in [-0.3, -0.25) is 0 Å². The molecule has 3 rings (SSSR count). The molecule has 0 aromatic heterocycles. The minimum absolute atomic E-state index is 0.347. The third-order valence-electron chi connectivity index (χ3n) is 3.36. The Morgan fingerprint density at radius 2 is 1.83 bits per heavy atom. The Kier molecular flexibility index (Phi) is 4.32. The summed E-state index contributed by atoms with van der Waals surface area (Å²) < 4.78 is 18.3. The van der Waals surface area contributed by atoms with E-state index in [1.807, 2.05) is 31.2 Å². The Labute approximate surface area is 145 Å². The zero-order chi connectivity index (χ0) is 17.3. The average Bonchev–Trinajstić information content (AvgIpc) is 2.84. The van der Waals surface area contributed by atoms with Gasteiger partial charge < -0.3 is 14.2 Å². The molecule has 1 aliphatic rings. The van der Waals surface area contributed by atoms with E-state index in [4.69, 9.17) is 14.2 Å². The molecule has 1 amide bonds. The Balaban J connectivity index is 1.69. The first-order valence-corrected chi connectivity index (χ1v) is 8.33. The number of aryl methyl sites for hydroxylation is 1. The molecule has 126 valence electrons. The van der Waals surface area contributed by atoms with Gasteiger partial charge in [-0.05, 0) is 43.1 Å². The molecule has 0 unspecified atom stereocenters. The molecule has 0 aliphatic carbocycles. The molecule has 5 nitrogen and oxygen atoms in total. The number of amides is 1. The van der Waals surface area contributed by atoms with Crippen LogP contribution in [0.5, 0.6) is 17.2 Å². The van der Waals surface area contributed by atoms with E-state index in [9.17, 15) is 4.79 Å². The van der Waals surface area contributed by atoms with E-state index in [0.29, 0.717) is 17.2 Å². The zero-order valence-corrected chi connectivity index (χ0v) is 14.8. The molecule has 0 N–H and O–H groups in total. The molecule has 0 radical (unpaired) electrons. The standard InChI is InChI=1S/C18H19NO4S/c1-12-8-10-13(11-9-12)24-19(4)17(20)21-14-6-5-7-15-16(14)23-18(2,3)22-15/h5-11H,1-4H3. The van der Waals surface area contributed by atoms with E-state index in [1.54, 1.807) is 39.1 Å². The number of ether oxygens (including phenoxy) is 3. The Morgan fingerprint density at radius 3 is 2.54 bits per heavy atom. The topological polar surface area (TPSA) is 48.0 Å². The van der Waals surface area contributed by atoms with Crippen molar-refractivity contribution in [2.45, 2.75) is 31.5 Å². The number of nitrogens with zero attached hydrogens (tertiary/aromatic N) is 1. The summed E-state index contributed by atoms with van der Waals surface area (Å²) in [7, 11) is 1.66. The van der Waals surface area contributed by atoms with Crippen molar-refractivity contribution in [3.63, 3.8) is 0 Å². The van der Waals surface area contributed by atoms with Crippen molar-refractivity contribution >= 4 is 18.0 Å². The van der Waals surface area contributed by atoms with Crippen LogP contribution in [0.4, 0.5) is 4.79 Å². The number of carbonyl (C=O) groups excluding carboxylic acids is 1. The van der Waals surface area contributed by atoms with Crippen molar-refractivity contribution in [1.82, 2.24) is 4.31 Å². The summed E-state index contributed by atoms with van der Waals surface area (Å²) >= 11 is 1.30. The van der Waals surface area contributed by atoms with Crippen LogP contribution < -0.4 is 14.2 Å². The highest BCUT2D eigenvalue weighted by Crippen LogP contribution is 2.45. The first-order chi connectivity index (χ1) is 11.3. The normalized spacial score (nSPS) is 14.3. The van der Waals surface area contributed by atoms with Crippen LogP contribution in [-0.4, -0.2) is 23.2 Å². The predicted molar refractivity (Wildman–Crippen MR) is 92.6 cm³/mol. The van der Waals surface area contributed by atoms with Gasteiger partial charge >= 0.3 is 6.09 Å². The first-order valence-electron chi connectivity index (χ1n) is 7.55. The highest BCUT2D eigenvalue weighted by atomic mass is 32.2. The van der Waals surface area contributed by atoms with E-state index in [1.165, 1.54) is 21.8 Å². The molecule has 6 heteroatoms. The van der Waals surface area contributed by atoms with Gasteiger partial charge in [-0.1, -0.05) is 23.8 Å². The van der Waals surface area contributed by atoms with Gasteiger partial charge in [-0.2, -0.15) is 0 Å². The lowest BCUT2D eigenvalue weighted by Gasteiger charge is -2.18. The summed E-state index contributed by atoms with van der Waals surface area (Å²) in [4.78, 5) is 13.3. The summed E-state index contributed by atoms with van der Waals surface area (Å²) in [5, 5.41) is 0. The summed E-state index contributed by atoms with van der Waals surface area (Å²) in [6.07, 6.45) is -0.484. The largest absolute Gasteiger partial charge is 0.449 e. The van der Waals surface area contributed by atoms with Crippen LogP contribution in [0.25, 0.3) is 0 Å². The van der Waals surface area contributed by atoms with Crippen molar-refractivity contribution in [2.24, 2.45) is 0 Å². The summed E-state index contributed by atoms with van der Waals surface area (Å²) in [6, 6.07) is 13.2. The van der Waals surface area contributed by atoms with Crippen LogP contribution in [0.15, 0.2) is 47.4 Å². The Bertz CT molecular complexity index is 758. The lowest BCUT2D eigenvalue weighted by atomic mass is 10.2. The van der Waals surface area contributed by atoms with E-state index < -0.39 is 11.9 Å². The highest BCUT2D eigenvalue weighted by molar-refractivity contribution is 7.97. The van der Waals surface area contributed by atoms with E-state index in [2.05, 4.69) is 0 Å². The SMILES string of the molecule is Cc1ccc(SN(C)C(=O)Oc2cccc3c2OC(C)(C)O3)cc1. The average molecular weight is 345 g/mol. The second-order valence-electron chi connectivity index (χ2n) is 5.96. The van der Waals surface area contributed by atoms with Gasteiger partial charge in [0.2, 0.25) is 11.5 Å². The molecular formula is C18H19NO4S. The monoisotopic (exact) mass is 345 g/mol. The van der Waals surface area contributed by atoms with Crippen LogP contribution in [0, 0.1) is 6.92 Å². The predicted octanol–water partition coefficient (Wildman–Crippen LogP) is 4.64. The fourth-order valence-electron chi connectivity index (χ4n) is 2.24. The number of rotatable bonds is 3. The lowest BCUT2D eigenvalue weighted by Crippen LogP contribution is -2.30. The number of hydrogen-bond donors (Lipinski definition) is 0. The molecule has 0 bridgehead atoms. The number of fused-ring (bicyclic) bond motifs is 1. The first kappa shape index (κ1) is 16.5. The maximum atomic E-state index is 12.3. The van der Waals surface area contributed by atoms with Gasteiger partial charge in [-0.25, -0.2) is 9.10 Å². The summed E-state index contributed by atoms with van der Waals surface area (Å²) in [5.74, 6) is 0.594. The van der Waals surface area contributed by atoms with Crippen LogP contribution in [0.3, 0.4) is 0 Å². The van der Waals surface area contributed by atoms with E-state index in [0.717, 1.165) is 4.90 Å². The molecule has 1 aliphatic heterocycles. The van der Waals surface area contributed by atoms with Crippen molar-refractivity contribution in [3.8, 4) is 17.2 Å². The van der Waals surface area contributed by atoms with Crippen LogP contribution in [-0.2, 0) is 0 Å². The lowest BCUT2D eigenvalue weighted by molar-refractivity contribution is -0.0439. The molecule has 24 heavy (non-hydrogen) atoms. The maximum Gasteiger partial charge on any atom is 0.425 e. The third-order valence-corrected chi connectivity index (χ3v) is 4.27. The van der Waals surface area contributed by atoms with E-state index >= 15 is 0 Å². The fourth-order valence-corrected chi connectivity index (χ4v) is 2.93. The Morgan fingerprint density at radius 1 is 1.12 bits per heavy atom. The van der Waals surface area contributed by atoms with Gasteiger partial charge in [0, 0.05) is 25.8 Å². The molecule has 0 fully saturated rings. The van der Waals surface area contributed by atoms with Crippen LogP contribution in [0.2, 0.25) is 0 Å². The van der Waals surface area contributed by atoms with Gasteiger partial charge in [0.1, 0.15) is 0 Å². The fraction of sp³-hybridized carbons (Fsp3) is 0.278. The molecule has 2 aromatic carbocycles. The minimum atomic E-state index is -0.770. The van der Waals surface area contributed by atoms with Crippen molar-refractivity contribution in [1.29, 1.82) is 0 Å². The second kappa shape index (κ2) is 6.28. The molecule has 1 heterocycles. The maximum absolute atomic E-state index is 12.3. The highest BCUT2D eigenvalue weighted by Gasteiger charge is 2.34. The van der Waals surface area contributed by atoms with Gasteiger partial charge in [-0.15, -0.1) is 0 Å². The molecular weight excluding hydrogens is 326 g/mol. The van der Waals surface area contributed by atoms with Crippen molar-refractivity contribution < 1.29 is 19.0 Å².